The summed E-state index contributed by atoms with van der Waals surface area (Å²) in [4.78, 5) is 10.8. The Morgan fingerprint density at radius 3 is 2.71 bits per heavy atom. The van der Waals surface area contributed by atoms with Crippen LogP contribution in [0.15, 0.2) is 17.0 Å². The van der Waals surface area contributed by atoms with E-state index in [1.165, 1.54) is 0 Å². The topological polar surface area (TPSA) is 101 Å². The molecule has 6 nitrogen and oxygen atoms in total. The zero-order chi connectivity index (χ0) is 15.6. The number of sulfonamides is 1. The predicted molar refractivity (Wildman–Crippen MR) is 76.8 cm³/mol. The summed E-state index contributed by atoms with van der Waals surface area (Å²) in [5.74, 6) is -1.30. The number of nitrogens with two attached hydrogens (primary N) is 1. The Morgan fingerprint density at radius 1 is 1.43 bits per heavy atom. The molecule has 1 aliphatic rings. The maximum atomic E-state index is 13.8. The Labute approximate surface area is 126 Å². The van der Waals surface area contributed by atoms with Crippen molar-refractivity contribution in [2.45, 2.75) is 30.2 Å². The number of hydrogen-bond donors (Lipinski definition) is 3. The van der Waals surface area contributed by atoms with Crippen LogP contribution >= 0.6 is 11.6 Å². The number of carbonyl (C=O) groups excluding carboxylic acids is 1. The van der Waals surface area contributed by atoms with Gasteiger partial charge < -0.3 is 11.1 Å². The van der Waals surface area contributed by atoms with Gasteiger partial charge in [-0.3, -0.25) is 4.79 Å². The first-order valence-corrected chi connectivity index (χ1v) is 8.19. The summed E-state index contributed by atoms with van der Waals surface area (Å²) in [6, 6.07) is 2.30. The monoisotopic (exact) mass is 335 g/mol. The van der Waals surface area contributed by atoms with Gasteiger partial charge in [0.2, 0.25) is 15.9 Å². The van der Waals surface area contributed by atoms with Crippen molar-refractivity contribution in [1.82, 2.24) is 10.0 Å². The van der Waals surface area contributed by atoms with Gasteiger partial charge in [0.25, 0.3) is 0 Å². The van der Waals surface area contributed by atoms with Crippen LogP contribution < -0.4 is 15.8 Å². The molecule has 0 unspecified atom stereocenters. The number of benzene rings is 1. The van der Waals surface area contributed by atoms with E-state index in [-0.39, 0.29) is 35.6 Å². The number of rotatable bonds is 6. The molecular formula is C12H15ClFN3O3S. The summed E-state index contributed by atoms with van der Waals surface area (Å²) >= 11 is 5.67. The number of nitrogen functional groups attached to an aromatic ring is 1. The quantitative estimate of drug-likeness (QED) is 0.675. The van der Waals surface area contributed by atoms with E-state index >= 15 is 0 Å². The lowest BCUT2D eigenvalue weighted by molar-refractivity contribution is -0.121. The summed E-state index contributed by atoms with van der Waals surface area (Å²) in [5, 5.41) is 2.74. The standard InChI is InChI=1S/C12H15ClFN3O3S/c13-7-5-9(15)12(14)10(6-7)21(19,20)16-4-3-11(18)17-8-1-2-8/h5-6,8,16H,1-4,15H2,(H,17,18). The van der Waals surface area contributed by atoms with Crippen LogP contribution in [0.1, 0.15) is 19.3 Å². The van der Waals surface area contributed by atoms with Crippen molar-refractivity contribution < 1.29 is 17.6 Å². The largest absolute Gasteiger partial charge is 0.396 e. The Balaban J connectivity index is 1.99. The van der Waals surface area contributed by atoms with Crippen LogP contribution in [0.3, 0.4) is 0 Å². The minimum absolute atomic E-state index is 0.0146. The average molecular weight is 336 g/mol. The van der Waals surface area contributed by atoms with Crippen molar-refractivity contribution in [2.75, 3.05) is 12.3 Å². The van der Waals surface area contributed by atoms with Gasteiger partial charge in [0, 0.05) is 24.0 Å². The molecule has 0 aliphatic heterocycles. The molecule has 1 aromatic carbocycles. The maximum absolute atomic E-state index is 13.8. The molecule has 2 rings (SSSR count). The summed E-state index contributed by atoms with van der Waals surface area (Å²) in [5.41, 5.74) is 4.99. The van der Waals surface area contributed by atoms with Crippen molar-refractivity contribution in [2.24, 2.45) is 0 Å². The fraction of sp³-hybridized carbons (Fsp3) is 0.417. The molecule has 0 bridgehead atoms. The molecule has 116 valence electrons. The van der Waals surface area contributed by atoms with E-state index in [4.69, 9.17) is 17.3 Å². The normalized spacial score (nSPS) is 15.0. The fourth-order valence-corrected chi connectivity index (χ4v) is 3.14. The van der Waals surface area contributed by atoms with Gasteiger partial charge in [-0.15, -0.1) is 0 Å². The smallest absolute Gasteiger partial charge is 0.243 e. The van der Waals surface area contributed by atoms with Gasteiger partial charge in [-0.25, -0.2) is 17.5 Å². The van der Waals surface area contributed by atoms with Gasteiger partial charge in [-0.2, -0.15) is 0 Å². The molecular weight excluding hydrogens is 321 g/mol. The van der Waals surface area contributed by atoms with Crippen LogP contribution in [0.25, 0.3) is 0 Å². The molecule has 0 saturated heterocycles. The fourth-order valence-electron chi connectivity index (χ4n) is 1.68. The van der Waals surface area contributed by atoms with Crippen LogP contribution in [-0.4, -0.2) is 26.9 Å². The summed E-state index contributed by atoms with van der Waals surface area (Å²) in [6.45, 7) is -0.132. The van der Waals surface area contributed by atoms with Gasteiger partial charge in [0.05, 0.1) is 5.69 Å². The average Bonchev–Trinajstić information content (AvgIpc) is 3.17. The van der Waals surface area contributed by atoms with Crippen molar-refractivity contribution in [3.05, 3.63) is 23.0 Å². The minimum atomic E-state index is -4.11. The third-order valence-corrected chi connectivity index (χ3v) is 4.59. The third kappa shape index (κ3) is 4.29. The molecule has 21 heavy (non-hydrogen) atoms. The van der Waals surface area contributed by atoms with Gasteiger partial charge in [0.15, 0.2) is 5.82 Å². The van der Waals surface area contributed by atoms with Crippen molar-refractivity contribution >= 4 is 33.2 Å². The molecule has 9 heteroatoms. The van der Waals surface area contributed by atoms with E-state index in [1.54, 1.807) is 0 Å². The number of anilines is 1. The molecule has 1 aliphatic carbocycles. The molecule has 1 saturated carbocycles. The van der Waals surface area contributed by atoms with Crippen LogP contribution in [0.2, 0.25) is 5.02 Å². The lowest BCUT2D eigenvalue weighted by atomic mass is 10.3. The summed E-state index contributed by atoms with van der Waals surface area (Å²) in [6.07, 6.45) is 1.88. The third-order valence-electron chi connectivity index (χ3n) is 2.91. The number of halogens is 2. The second-order valence-corrected chi connectivity index (χ2v) is 6.97. The van der Waals surface area contributed by atoms with Gasteiger partial charge >= 0.3 is 0 Å². The van der Waals surface area contributed by atoms with Crippen molar-refractivity contribution in [1.29, 1.82) is 0 Å². The molecule has 0 radical (unpaired) electrons. The van der Waals surface area contributed by atoms with E-state index in [0.29, 0.717) is 0 Å². The zero-order valence-corrected chi connectivity index (χ0v) is 12.6. The SMILES string of the molecule is Nc1cc(Cl)cc(S(=O)(=O)NCCC(=O)NC2CC2)c1F. The van der Waals surface area contributed by atoms with Crippen molar-refractivity contribution in [3.8, 4) is 0 Å². The Hall–Kier alpha value is -1.38. The highest BCUT2D eigenvalue weighted by Gasteiger charge is 2.24. The number of nitrogens with one attached hydrogen (secondary N) is 2. The van der Waals surface area contributed by atoms with Crippen LogP contribution in [0.5, 0.6) is 0 Å². The number of amides is 1. The van der Waals surface area contributed by atoms with E-state index < -0.39 is 20.7 Å². The molecule has 1 aromatic rings. The van der Waals surface area contributed by atoms with Crippen LogP contribution in [0, 0.1) is 5.82 Å². The van der Waals surface area contributed by atoms with E-state index in [1.807, 2.05) is 0 Å². The lowest BCUT2D eigenvalue weighted by Gasteiger charge is -2.09. The molecule has 1 fully saturated rings. The highest BCUT2D eigenvalue weighted by atomic mass is 35.5. The van der Waals surface area contributed by atoms with E-state index in [2.05, 4.69) is 10.0 Å². The van der Waals surface area contributed by atoms with Gasteiger partial charge in [-0.1, -0.05) is 11.6 Å². The Kier molecular flexibility index (Phi) is 4.70. The summed E-state index contributed by atoms with van der Waals surface area (Å²) < 4.78 is 39.9. The molecule has 1 amide bonds. The molecule has 0 spiro atoms. The number of hydrogen-bond acceptors (Lipinski definition) is 4. The highest BCUT2D eigenvalue weighted by Crippen LogP contribution is 2.25. The zero-order valence-electron chi connectivity index (χ0n) is 11.0. The van der Waals surface area contributed by atoms with Crippen LogP contribution in [0.4, 0.5) is 10.1 Å². The molecule has 4 N–H and O–H groups in total. The predicted octanol–water partition coefficient (Wildman–Crippen LogP) is 1.01. The van der Waals surface area contributed by atoms with E-state index in [0.717, 1.165) is 25.0 Å². The Bertz CT molecular complexity index is 662. The highest BCUT2D eigenvalue weighted by molar-refractivity contribution is 7.89. The first-order valence-electron chi connectivity index (χ1n) is 6.33. The minimum Gasteiger partial charge on any atom is -0.396 e. The second kappa shape index (κ2) is 6.17. The Morgan fingerprint density at radius 2 is 2.10 bits per heavy atom. The first-order chi connectivity index (χ1) is 9.79. The maximum Gasteiger partial charge on any atom is 0.243 e. The second-order valence-electron chi connectivity index (χ2n) is 4.80. The molecule has 0 atom stereocenters. The van der Waals surface area contributed by atoms with Crippen molar-refractivity contribution in [3.63, 3.8) is 0 Å². The lowest BCUT2D eigenvalue weighted by Crippen LogP contribution is -2.32. The van der Waals surface area contributed by atoms with Crippen LogP contribution in [-0.2, 0) is 14.8 Å². The molecule has 0 heterocycles. The summed E-state index contributed by atoms with van der Waals surface area (Å²) in [7, 11) is -4.11. The van der Waals surface area contributed by atoms with E-state index in [9.17, 15) is 17.6 Å². The first kappa shape index (κ1) is 16.0. The molecule has 0 aromatic heterocycles. The van der Waals surface area contributed by atoms with Gasteiger partial charge in [-0.05, 0) is 25.0 Å². The number of carbonyl (C=O) groups is 1. The van der Waals surface area contributed by atoms with Gasteiger partial charge in [0.1, 0.15) is 4.90 Å².